The summed E-state index contributed by atoms with van der Waals surface area (Å²) in [7, 11) is 0. The summed E-state index contributed by atoms with van der Waals surface area (Å²) in [5, 5.41) is 12.2. The number of nitriles is 1. The Morgan fingerprint density at radius 1 is 1.64 bits per heavy atom. The number of aromatic nitrogens is 1. The van der Waals surface area contributed by atoms with Gasteiger partial charge in [0.25, 0.3) is 0 Å². The molecule has 0 radical (unpaired) electrons. The van der Waals surface area contributed by atoms with Crippen molar-refractivity contribution in [2.45, 2.75) is 6.04 Å². The molecule has 0 amide bonds. The molecule has 0 saturated carbocycles. The average molecular weight is 189 g/mol. The molecule has 1 saturated heterocycles. The molecule has 4 heteroatoms. The van der Waals surface area contributed by atoms with Crippen molar-refractivity contribution in [3.05, 3.63) is 29.6 Å². The summed E-state index contributed by atoms with van der Waals surface area (Å²) < 4.78 is 5.34. The summed E-state index contributed by atoms with van der Waals surface area (Å²) in [6, 6.07) is 5.94. The highest BCUT2D eigenvalue weighted by Gasteiger charge is 2.18. The van der Waals surface area contributed by atoms with Crippen molar-refractivity contribution in [2.24, 2.45) is 0 Å². The Bertz CT molecular complexity index is 353. The van der Waals surface area contributed by atoms with Crippen LogP contribution in [0.2, 0.25) is 0 Å². The molecule has 14 heavy (non-hydrogen) atoms. The lowest BCUT2D eigenvalue weighted by Gasteiger charge is -2.24. The monoisotopic (exact) mass is 189 g/mol. The zero-order chi connectivity index (χ0) is 9.80. The molecule has 0 unspecified atom stereocenters. The van der Waals surface area contributed by atoms with E-state index in [9.17, 15) is 0 Å². The molecule has 1 fully saturated rings. The first kappa shape index (κ1) is 9.13. The van der Waals surface area contributed by atoms with Gasteiger partial charge in [-0.15, -0.1) is 0 Å². The van der Waals surface area contributed by atoms with E-state index in [4.69, 9.17) is 10.00 Å². The van der Waals surface area contributed by atoms with Gasteiger partial charge in [0, 0.05) is 18.3 Å². The number of ether oxygens (including phenoxy) is 1. The van der Waals surface area contributed by atoms with E-state index in [0.717, 1.165) is 18.7 Å². The maximum absolute atomic E-state index is 8.87. The molecule has 1 aromatic heterocycles. The van der Waals surface area contributed by atoms with Gasteiger partial charge in [-0.25, -0.2) is 4.98 Å². The first-order chi connectivity index (χ1) is 6.92. The van der Waals surface area contributed by atoms with Gasteiger partial charge in [-0.2, -0.15) is 5.26 Å². The van der Waals surface area contributed by atoms with Gasteiger partial charge >= 0.3 is 0 Å². The molecule has 1 N–H and O–H groups in total. The van der Waals surface area contributed by atoms with Crippen LogP contribution in [-0.2, 0) is 4.74 Å². The van der Waals surface area contributed by atoms with Crippen molar-refractivity contribution in [1.29, 1.82) is 5.26 Å². The molecule has 4 nitrogen and oxygen atoms in total. The molecule has 1 aromatic rings. The van der Waals surface area contributed by atoms with Crippen molar-refractivity contribution in [3.63, 3.8) is 0 Å². The third kappa shape index (κ3) is 1.74. The Kier molecular flexibility index (Phi) is 2.73. The molecule has 0 aliphatic carbocycles. The number of rotatable bonds is 1. The highest BCUT2D eigenvalue weighted by molar-refractivity contribution is 5.33. The third-order valence-electron chi connectivity index (χ3n) is 2.24. The zero-order valence-corrected chi connectivity index (χ0v) is 7.73. The fraction of sp³-hybridized carbons (Fsp3) is 0.400. The molecular weight excluding hydrogens is 178 g/mol. The largest absolute Gasteiger partial charge is 0.378 e. The fourth-order valence-corrected chi connectivity index (χ4v) is 1.56. The summed E-state index contributed by atoms with van der Waals surface area (Å²) in [4.78, 5) is 4.02. The van der Waals surface area contributed by atoms with Gasteiger partial charge in [-0.3, -0.25) is 0 Å². The molecule has 1 atom stereocenters. The Morgan fingerprint density at radius 2 is 2.57 bits per heavy atom. The molecule has 0 bridgehead atoms. The zero-order valence-electron chi connectivity index (χ0n) is 7.73. The number of nitrogens with one attached hydrogen (secondary N) is 1. The number of nitrogens with zero attached hydrogens (tertiary/aromatic N) is 2. The van der Waals surface area contributed by atoms with Crippen molar-refractivity contribution in [1.82, 2.24) is 10.3 Å². The van der Waals surface area contributed by atoms with Gasteiger partial charge in [0.2, 0.25) is 0 Å². The summed E-state index contributed by atoms with van der Waals surface area (Å²) in [6.45, 7) is 2.17. The highest BCUT2D eigenvalue weighted by Crippen LogP contribution is 2.17. The van der Waals surface area contributed by atoms with Gasteiger partial charge in [0.15, 0.2) is 0 Å². The summed E-state index contributed by atoms with van der Waals surface area (Å²) >= 11 is 0. The average Bonchev–Trinajstić information content (AvgIpc) is 2.30. The number of morpholine rings is 1. The van der Waals surface area contributed by atoms with E-state index in [1.807, 2.05) is 12.1 Å². The lowest BCUT2D eigenvalue weighted by atomic mass is 10.1. The van der Waals surface area contributed by atoms with E-state index in [1.165, 1.54) is 0 Å². The van der Waals surface area contributed by atoms with Gasteiger partial charge in [-0.1, -0.05) is 6.07 Å². The second-order valence-corrected chi connectivity index (χ2v) is 3.13. The van der Waals surface area contributed by atoms with Crippen LogP contribution in [-0.4, -0.2) is 24.7 Å². The van der Waals surface area contributed by atoms with Crippen molar-refractivity contribution in [2.75, 3.05) is 19.8 Å². The second kappa shape index (κ2) is 4.18. The van der Waals surface area contributed by atoms with Gasteiger partial charge in [0.1, 0.15) is 11.8 Å². The van der Waals surface area contributed by atoms with Crippen molar-refractivity contribution < 1.29 is 4.74 Å². The lowest BCUT2D eigenvalue weighted by molar-refractivity contribution is 0.0767. The van der Waals surface area contributed by atoms with E-state index in [0.29, 0.717) is 12.3 Å². The molecular formula is C10H11N3O. The minimum absolute atomic E-state index is 0.104. The maximum atomic E-state index is 8.87. The molecule has 1 aliphatic heterocycles. The summed E-state index contributed by atoms with van der Waals surface area (Å²) in [5.41, 5.74) is 1.41. The molecule has 1 aliphatic rings. The van der Waals surface area contributed by atoms with E-state index in [2.05, 4.69) is 16.4 Å². The van der Waals surface area contributed by atoms with Crippen LogP contribution in [0.5, 0.6) is 0 Å². The van der Waals surface area contributed by atoms with Crippen LogP contribution in [0, 0.1) is 11.3 Å². The Labute approximate surface area is 82.5 Å². The first-order valence-electron chi connectivity index (χ1n) is 4.58. The molecule has 0 spiro atoms. The number of hydrogen-bond acceptors (Lipinski definition) is 4. The van der Waals surface area contributed by atoms with E-state index in [1.54, 1.807) is 6.20 Å². The van der Waals surface area contributed by atoms with Crippen LogP contribution in [0.25, 0.3) is 0 Å². The van der Waals surface area contributed by atoms with Crippen LogP contribution < -0.4 is 5.32 Å². The van der Waals surface area contributed by atoms with Crippen LogP contribution >= 0.6 is 0 Å². The molecule has 72 valence electrons. The van der Waals surface area contributed by atoms with Gasteiger partial charge < -0.3 is 10.1 Å². The molecule has 2 rings (SSSR count). The summed E-state index contributed by atoms with van der Waals surface area (Å²) in [6.07, 6.45) is 1.63. The fourth-order valence-electron chi connectivity index (χ4n) is 1.56. The van der Waals surface area contributed by atoms with Crippen LogP contribution in [0.4, 0.5) is 0 Å². The highest BCUT2D eigenvalue weighted by atomic mass is 16.5. The minimum atomic E-state index is 0.104. The predicted molar refractivity (Wildman–Crippen MR) is 50.5 cm³/mol. The van der Waals surface area contributed by atoms with E-state index in [-0.39, 0.29) is 6.04 Å². The van der Waals surface area contributed by atoms with Crippen LogP contribution in [0.15, 0.2) is 18.3 Å². The Hall–Kier alpha value is -1.44. The standard InChI is InChI=1S/C10H11N3O/c11-6-9-8(2-1-3-12-9)10-7-14-5-4-13-10/h1-3,10,13H,4-5,7H2/t10-/m1/s1. The quantitative estimate of drug-likeness (QED) is 0.703. The van der Waals surface area contributed by atoms with Crippen molar-refractivity contribution in [3.8, 4) is 6.07 Å². The minimum Gasteiger partial charge on any atom is -0.378 e. The van der Waals surface area contributed by atoms with Crippen LogP contribution in [0.3, 0.4) is 0 Å². The van der Waals surface area contributed by atoms with Crippen LogP contribution in [0.1, 0.15) is 17.3 Å². The number of pyridine rings is 1. The first-order valence-corrected chi connectivity index (χ1v) is 4.58. The smallest absolute Gasteiger partial charge is 0.145 e. The van der Waals surface area contributed by atoms with Gasteiger partial charge in [-0.05, 0) is 6.07 Å². The molecule has 2 heterocycles. The SMILES string of the molecule is N#Cc1ncccc1[C@H]1COCCN1. The third-order valence-corrected chi connectivity index (χ3v) is 2.24. The van der Waals surface area contributed by atoms with E-state index < -0.39 is 0 Å². The van der Waals surface area contributed by atoms with Gasteiger partial charge in [0.05, 0.1) is 19.3 Å². The number of hydrogen-bond donors (Lipinski definition) is 1. The normalized spacial score (nSPS) is 21.5. The topological polar surface area (TPSA) is 57.9 Å². The molecule has 0 aromatic carbocycles. The summed E-state index contributed by atoms with van der Waals surface area (Å²) in [5.74, 6) is 0. The Morgan fingerprint density at radius 3 is 3.29 bits per heavy atom. The second-order valence-electron chi connectivity index (χ2n) is 3.13. The lowest BCUT2D eigenvalue weighted by Crippen LogP contribution is -2.35. The van der Waals surface area contributed by atoms with E-state index >= 15 is 0 Å². The predicted octanol–water partition coefficient (Wildman–Crippen LogP) is 0.614. The Balaban J connectivity index is 2.26. The van der Waals surface area contributed by atoms with Crippen molar-refractivity contribution >= 4 is 0 Å². The maximum Gasteiger partial charge on any atom is 0.145 e.